The third kappa shape index (κ3) is 5.21. The number of carbonyl (C=O) groups excluding carboxylic acids is 1. The van der Waals surface area contributed by atoms with Gasteiger partial charge in [-0.1, -0.05) is 6.08 Å². The van der Waals surface area contributed by atoms with Gasteiger partial charge in [0, 0.05) is 19.0 Å². The number of hydrogen-bond donors (Lipinski definition) is 1. The molecular formula is C11H17F3N2O. The number of amides is 1. The van der Waals surface area contributed by atoms with Gasteiger partial charge < -0.3 is 10.2 Å². The largest absolute Gasteiger partial charge is 0.406 e. The van der Waals surface area contributed by atoms with Crippen molar-refractivity contribution in [2.75, 3.05) is 19.6 Å². The fourth-order valence-corrected chi connectivity index (χ4v) is 1.90. The number of halogens is 3. The Balaban J connectivity index is 2.50. The molecule has 98 valence electrons. The topological polar surface area (TPSA) is 32.3 Å². The van der Waals surface area contributed by atoms with Crippen LogP contribution in [0.25, 0.3) is 0 Å². The summed E-state index contributed by atoms with van der Waals surface area (Å²) in [7, 11) is 0. The minimum atomic E-state index is -4.36. The molecule has 6 heteroatoms. The Morgan fingerprint density at radius 3 is 2.71 bits per heavy atom. The summed E-state index contributed by atoms with van der Waals surface area (Å²) >= 11 is 0. The molecule has 1 heterocycles. The molecule has 1 saturated heterocycles. The molecule has 1 fully saturated rings. The lowest BCUT2D eigenvalue weighted by Crippen LogP contribution is -2.41. The van der Waals surface area contributed by atoms with Crippen molar-refractivity contribution in [2.24, 2.45) is 0 Å². The molecule has 1 unspecified atom stereocenters. The molecule has 0 spiro atoms. The van der Waals surface area contributed by atoms with Gasteiger partial charge in [-0.05, 0) is 19.4 Å². The molecule has 1 amide bonds. The van der Waals surface area contributed by atoms with Crippen LogP contribution >= 0.6 is 0 Å². The van der Waals surface area contributed by atoms with E-state index in [4.69, 9.17) is 0 Å². The molecular weight excluding hydrogens is 233 g/mol. The summed E-state index contributed by atoms with van der Waals surface area (Å²) in [6.45, 7) is 2.93. The summed E-state index contributed by atoms with van der Waals surface area (Å²) in [4.78, 5) is 12.5. The van der Waals surface area contributed by atoms with Gasteiger partial charge in [-0.15, -0.1) is 6.58 Å². The lowest BCUT2D eigenvalue weighted by Gasteiger charge is -2.24. The fraction of sp³-hybridized carbons (Fsp3) is 0.727. The first-order chi connectivity index (χ1) is 7.92. The third-order valence-electron chi connectivity index (χ3n) is 2.66. The number of alkyl halides is 3. The quantitative estimate of drug-likeness (QED) is 0.753. The van der Waals surface area contributed by atoms with E-state index < -0.39 is 18.6 Å². The molecule has 1 aliphatic heterocycles. The summed E-state index contributed by atoms with van der Waals surface area (Å²) in [5, 5.41) is 3.09. The maximum Gasteiger partial charge on any atom is 0.406 e. The second kappa shape index (κ2) is 6.05. The highest BCUT2D eigenvalue weighted by molar-refractivity contribution is 5.77. The van der Waals surface area contributed by atoms with E-state index in [2.05, 4.69) is 11.9 Å². The van der Waals surface area contributed by atoms with Crippen LogP contribution in [0.2, 0.25) is 0 Å². The van der Waals surface area contributed by atoms with Gasteiger partial charge in [0.05, 0.1) is 0 Å². The second-order valence-electron chi connectivity index (χ2n) is 4.18. The number of nitrogens with zero attached hydrogens (tertiary/aromatic N) is 1. The summed E-state index contributed by atoms with van der Waals surface area (Å²) in [6.07, 6.45) is -1.10. The maximum atomic E-state index is 12.3. The van der Waals surface area contributed by atoms with Crippen molar-refractivity contribution < 1.29 is 18.0 Å². The maximum absolute atomic E-state index is 12.3. The average molecular weight is 250 g/mol. The van der Waals surface area contributed by atoms with E-state index in [1.54, 1.807) is 0 Å². The van der Waals surface area contributed by atoms with Gasteiger partial charge in [-0.25, -0.2) is 0 Å². The molecule has 1 aliphatic rings. The summed E-state index contributed by atoms with van der Waals surface area (Å²) in [6, 6.07) is 0.0167. The summed E-state index contributed by atoms with van der Waals surface area (Å²) < 4.78 is 36.8. The molecule has 1 N–H and O–H groups in total. The lowest BCUT2D eigenvalue weighted by molar-refractivity contribution is -0.160. The SMILES string of the molecule is C=CCN(CC(F)(F)F)C(=O)CC1CCCN1. The van der Waals surface area contributed by atoms with E-state index >= 15 is 0 Å². The van der Waals surface area contributed by atoms with Gasteiger partial charge in [0.25, 0.3) is 0 Å². The van der Waals surface area contributed by atoms with E-state index in [1.165, 1.54) is 6.08 Å². The fourth-order valence-electron chi connectivity index (χ4n) is 1.90. The molecule has 17 heavy (non-hydrogen) atoms. The predicted molar refractivity (Wildman–Crippen MR) is 58.5 cm³/mol. The first kappa shape index (κ1) is 14.0. The number of carbonyl (C=O) groups is 1. The van der Waals surface area contributed by atoms with E-state index in [0.29, 0.717) is 0 Å². The Kier molecular flexibility index (Phi) is 4.99. The van der Waals surface area contributed by atoms with Crippen LogP contribution in [-0.4, -0.2) is 42.7 Å². The number of rotatable bonds is 5. The molecule has 0 aromatic carbocycles. The summed E-state index contributed by atoms with van der Waals surface area (Å²) in [5.41, 5.74) is 0. The highest BCUT2D eigenvalue weighted by Gasteiger charge is 2.33. The van der Waals surface area contributed by atoms with Crippen LogP contribution in [0, 0.1) is 0 Å². The minimum Gasteiger partial charge on any atom is -0.330 e. The van der Waals surface area contributed by atoms with Crippen LogP contribution in [0.5, 0.6) is 0 Å². The number of nitrogens with one attached hydrogen (secondary N) is 1. The molecule has 0 radical (unpaired) electrons. The van der Waals surface area contributed by atoms with Gasteiger partial charge in [0.2, 0.25) is 5.91 Å². The zero-order chi connectivity index (χ0) is 12.9. The Bertz CT molecular complexity index is 272. The van der Waals surface area contributed by atoms with Crippen LogP contribution in [0.4, 0.5) is 13.2 Å². The first-order valence-corrected chi connectivity index (χ1v) is 5.61. The molecule has 0 saturated carbocycles. The van der Waals surface area contributed by atoms with Gasteiger partial charge >= 0.3 is 6.18 Å². The van der Waals surface area contributed by atoms with Crippen molar-refractivity contribution in [1.82, 2.24) is 10.2 Å². The second-order valence-corrected chi connectivity index (χ2v) is 4.18. The van der Waals surface area contributed by atoms with Crippen molar-refractivity contribution in [1.29, 1.82) is 0 Å². The van der Waals surface area contributed by atoms with Gasteiger partial charge in [0.1, 0.15) is 6.54 Å². The molecule has 3 nitrogen and oxygen atoms in total. The van der Waals surface area contributed by atoms with Crippen molar-refractivity contribution >= 4 is 5.91 Å². The smallest absolute Gasteiger partial charge is 0.330 e. The van der Waals surface area contributed by atoms with Crippen molar-refractivity contribution in [3.05, 3.63) is 12.7 Å². The average Bonchev–Trinajstić information content (AvgIpc) is 2.67. The van der Waals surface area contributed by atoms with Crippen molar-refractivity contribution in [3.63, 3.8) is 0 Å². The third-order valence-corrected chi connectivity index (χ3v) is 2.66. The normalized spacial score (nSPS) is 20.3. The monoisotopic (exact) mass is 250 g/mol. The summed E-state index contributed by atoms with van der Waals surface area (Å²) in [5.74, 6) is -0.471. The van der Waals surface area contributed by atoms with Gasteiger partial charge in [-0.3, -0.25) is 4.79 Å². The first-order valence-electron chi connectivity index (χ1n) is 5.61. The zero-order valence-corrected chi connectivity index (χ0v) is 9.59. The number of hydrogen-bond acceptors (Lipinski definition) is 2. The Labute approximate surface area is 98.7 Å². The molecule has 0 aromatic rings. The van der Waals surface area contributed by atoms with Crippen LogP contribution in [0.1, 0.15) is 19.3 Å². The Morgan fingerprint density at radius 2 is 2.24 bits per heavy atom. The highest BCUT2D eigenvalue weighted by atomic mass is 19.4. The lowest BCUT2D eigenvalue weighted by atomic mass is 10.1. The Hall–Kier alpha value is -1.04. The van der Waals surface area contributed by atoms with E-state index in [1.807, 2.05) is 0 Å². The van der Waals surface area contributed by atoms with Gasteiger partial charge in [-0.2, -0.15) is 13.2 Å². The molecule has 0 aliphatic carbocycles. The van der Waals surface area contributed by atoms with Crippen molar-refractivity contribution in [3.8, 4) is 0 Å². The standard InChI is InChI=1S/C11H17F3N2O/c1-2-6-16(8-11(12,13)14)10(17)7-9-4-3-5-15-9/h2,9,15H,1,3-8H2. The Morgan fingerprint density at radius 1 is 1.53 bits per heavy atom. The minimum absolute atomic E-state index is 0.0167. The van der Waals surface area contributed by atoms with Crippen molar-refractivity contribution in [2.45, 2.75) is 31.5 Å². The van der Waals surface area contributed by atoms with E-state index in [-0.39, 0.29) is 19.0 Å². The van der Waals surface area contributed by atoms with Crippen LogP contribution in [0.15, 0.2) is 12.7 Å². The molecule has 1 rings (SSSR count). The van der Waals surface area contributed by atoms with Gasteiger partial charge in [0.15, 0.2) is 0 Å². The van der Waals surface area contributed by atoms with Crippen LogP contribution in [-0.2, 0) is 4.79 Å². The predicted octanol–water partition coefficient (Wildman–Crippen LogP) is 1.71. The molecule has 0 aromatic heterocycles. The van der Waals surface area contributed by atoms with E-state index in [9.17, 15) is 18.0 Å². The molecule has 1 atom stereocenters. The molecule has 0 bridgehead atoms. The highest BCUT2D eigenvalue weighted by Crippen LogP contribution is 2.18. The van der Waals surface area contributed by atoms with Crippen LogP contribution < -0.4 is 5.32 Å². The van der Waals surface area contributed by atoms with Crippen LogP contribution in [0.3, 0.4) is 0 Å². The zero-order valence-electron chi connectivity index (χ0n) is 9.59. The van der Waals surface area contributed by atoms with E-state index in [0.717, 1.165) is 24.3 Å².